The van der Waals surface area contributed by atoms with Gasteiger partial charge in [-0.3, -0.25) is 14.5 Å². The third-order valence-electron chi connectivity index (χ3n) is 16.9. The molecule has 9 heteroatoms. The highest BCUT2D eigenvalue weighted by atomic mass is 28.3. The van der Waals surface area contributed by atoms with Crippen LogP contribution in [-0.4, -0.2) is 56.1 Å². The average Bonchev–Trinajstić information content (AvgIpc) is 3.69. The van der Waals surface area contributed by atoms with E-state index in [1.807, 2.05) is 0 Å². The van der Waals surface area contributed by atoms with Crippen molar-refractivity contribution in [2.45, 2.75) is 166 Å². The maximum atomic E-state index is 14.8. The summed E-state index contributed by atoms with van der Waals surface area (Å²) < 4.78 is 15.5. The Balaban J connectivity index is 1.89. The molecule has 1 aromatic heterocycles. The van der Waals surface area contributed by atoms with E-state index in [4.69, 9.17) is 9.15 Å². The molecule has 4 heterocycles. The van der Waals surface area contributed by atoms with Crippen LogP contribution in [0.4, 0.5) is 0 Å². The minimum Gasteiger partial charge on any atom is -0.475 e. The van der Waals surface area contributed by atoms with Crippen molar-refractivity contribution in [2.75, 3.05) is 7.05 Å². The number of ether oxygens (including phenoxy) is 1. The lowest BCUT2D eigenvalue weighted by atomic mass is 9.74. The molecule has 3 aliphatic heterocycles. The zero-order chi connectivity index (χ0) is 39.7. The summed E-state index contributed by atoms with van der Waals surface area (Å²) in [6, 6.07) is 9.43. The zero-order valence-electron chi connectivity index (χ0n) is 36.5. The Kier molecular flexibility index (Phi) is 8.24. The summed E-state index contributed by atoms with van der Waals surface area (Å²) >= 11 is 0. The molecule has 2 aromatic carbocycles. The number of carbonyl (C=O) groups is 2. The van der Waals surface area contributed by atoms with Crippen LogP contribution in [0.5, 0.6) is 0 Å². The van der Waals surface area contributed by atoms with Crippen LogP contribution < -0.4 is 10.8 Å². The van der Waals surface area contributed by atoms with E-state index >= 15 is 0 Å². The van der Waals surface area contributed by atoms with Crippen molar-refractivity contribution < 1.29 is 18.7 Å². The van der Waals surface area contributed by atoms with Crippen LogP contribution in [0.3, 0.4) is 0 Å². The molecule has 0 saturated carbocycles. The van der Waals surface area contributed by atoms with Gasteiger partial charge in [-0.15, -0.1) is 0 Å². The van der Waals surface area contributed by atoms with Crippen LogP contribution in [-0.2, 0) is 24.8 Å². The molecule has 286 valence electrons. The van der Waals surface area contributed by atoms with E-state index in [9.17, 15) is 9.59 Å². The van der Waals surface area contributed by atoms with Gasteiger partial charge in [-0.25, -0.2) is 0 Å². The fourth-order valence-corrected chi connectivity index (χ4v) is 20.6. The van der Waals surface area contributed by atoms with Crippen LogP contribution in [0.15, 0.2) is 28.7 Å². The molecule has 2 bridgehead atoms. The number of hydrogen-bond acceptors (Lipinski definition) is 4. The smallest absolute Gasteiger partial charge is 0.235 e. The largest absolute Gasteiger partial charge is 0.475 e. The van der Waals surface area contributed by atoms with Crippen LogP contribution >= 0.6 is 0 Å². The number of benzene rings is 2. The van der Waals surface area contributed by atoms with Gasteiger partial charge in [0.05, 0.1) is 49.2 Å². The van der Waals surface area contributed by atoms with E-state index in [-0.39, 0.29) is 32.0 Å². The molecular weight excluding hydrogens is 707 g/mol. The normalized spacial score (nSPS) is 26.3. The highest BCUT2D eigenvalue weighted by Crippen LogP contribution is 2.76. The van der Waals surface area contributed by atoms with Gasteiger partial charge in [0.25, 0.3) is 0 Å². The Hall–Kier alpha value is -1.79. The molecular formula is C43H69NO4Si4. The van der Waals surface area contributed by atoms with Gasteiger partial charge in [-0.05, 0) is 42.1 Å². The van der Waals surface area contributed by atoms with E-state index in [2.05, 4.69) is 160 Å². The Morgan fingerprint density at radius 1 is 0.558 bits per heavy atom. The first-order valence-electron chi connectivity index (χ1n) is 19.7. The molecule has 2 saturated heterocycles. The van der Waals surface area contributed by atoms with Gasteiger partial charge >= 0.3 is 0 Å². The molecule has 4 atom stereocenters. The van der Waals surface area contributed by atoms with Gasteiger partial charge in [0.15, 0.2) is 0 Å². The molecule has 0 N–H and O–H groups in total. The van der Waals surface area contributed by atoms with Crippen LogP contribution in [0, 0.1) is 11.8 Å². The maximum Gasteiger partial charge on any atom is 0.235 e. The summed E-state index contributed by atoms with van der Waals surface area (Å²) in [6.45, 7) is 47.8. The lowest BCUT2D eigenvalue weighted by Gasteiger charge is -2.51. The molecule has 52 heavy (non-hydrogen) atoms. The Bertz CT molecular complexity index is 2050. The molecule has 0 radical (unpaired) electrons. The predicted molar refractivity (Wildman–Crippen MR) is 231 cm³/mol. The predicted octanol–water partition coefficient (Wildman–Crippen LogP) is 10.8. The van der Waals surface area contributed by atoms with Crippen LogP contribution in [0.2, 0.25) is 72.5 Å². The van der Waals surface area contributed by atoms with Crippen LogP contribution in [0.1, 0.15) is 94.2 Å². The lowest BCUT2D eigenvalue weighted by Crippen LogP contribution is -2.62. The summed E-state index contributed by atoms with van der Waals surface area (Å²) in [7, 11) is -7.76. The molecule has 0 aliphatic carbocycles. The second kappa shape index (κ2) is 10.7. The van der Waals surface area contributed by atoms with Crippen molar-refractivity contribution >= 4 is 76.4 Å². The van der Waals surface area contributed by atoms with Gasteiger partial charge in [0.1, 0.15) is 16.1 Å². The summed E-state index contributed by atoms with van der Waals surface area (Å²) in [5.41, 5.74) is 2.38. The first kappa shape index (κ1) is 39.9. The molecule has 5 nitrogen and oxygen atoms in total. The number of nitrogens with zero attached hydrogens (tertiary/aromatic N) is 1. The lowest BCUT2D eigenvalue weighted by molar-refractivity contribution is -0.144. The van der Waals surface area contributed by atoms with Gasteiger partial charge in [-0.1, -0.05) is 160 Å². The molecule has 3 aliphatic rings. The SMILES string of the molecule is CN1C(=O)[C@@H]2[C@H](C1=O)[C@]1([Si](C)(C)C(C)(C)C)O[C@@]2([Si](C)(C)C(C)(C)C)c2c1ccc1c2ccc2c([Si](C)(C)C(C)(C)C)oc([Si](C)(C)C(C)(C)C)c21. The van der Waals surface area contributed by atoms with Gasteiger partial charge in [-0.2, -0.15) is 0 Å². The van der Waals surface area contributed by atoms with Crippen LogP contribution in [0.25, 0.3) is 21.5 Å². The first-order chi connectivity index (χ1) is 23.1. The number of rotatable bonds is 4. The van der Waals surface area contributed by atoms with Gasteiger partial charge in [0.2, 0.25) is 11.8 Å². The maximum absolute atomic E-state index is 14.8. The highest BCUT2D eigenvalue weighted by molar-refractivity contribution is 6.96. The third-order valence-corrected chi connectivity index (χ3v) is 39.9. The Morgan fingerprint density at radius 3 is 1.42 bits per heavy atom. The van der Waals surface area contributed by atoms with E-state index in [0.717, 1.165) is 0 Å². The summed E-state index contributed by atoms with van der Waals surface area (Å²) in [5.74, 6) is -1.18. The van der Waals surface area contributed by atoms with E-state index in [1.54, 1.807) is 7.05 Å². The first-order valence-corrected chi connectivity index (χ1v) is 31.7. The fraction of sp³-hybridized carbons (Fsp3) is 0.674. The van der Waals surface area contributed by atoms with Crippen molar-refractivity contribution in [1.82, 2.24) is 4.90 Å². The highest BCUT2D eigenvalue weighted by Gasteiger charge is 2.85. The Labute approximate surface area is 319 Å². The van der Waals surface area contributed by atoms with E-state index in [0.29, 0.717) is 0 Å². The minimum atomic E-state index is -2.63. The molecule has 3 aromatic rings. The molecule has 0 unspecified atom stereocenters. The number of carbonyl (C=O) groups excluding carboxylic acids is 2. The number of hydrogen-bond donors (Lipinski definition) is 0. The number of amides is 2. The third kappa shape index (κ3) is 4.40. The van der Waals surface area contributed by atoms with E-state index < -0.39 is 54.6 Å². The Morgan fingerprint density at radius 2 is 0.962 bits per heavy atom. The topological polar surface area (TPSA) is 59.8 Å². The minimum absolute atomic E-state index is 0.0596. The van der Waals surface area contributed by atoms with Crippen molar-refractivity contribution in [3.63, 3.8) is 0 Å². The second-order valence-corrected chi connectivity index (χ2v) is 44.5. The summed E-state index contributed by atoms with van der Waals surface area (Å²) in [5, 5.41) is 5.52. The summed E-state index contributed by atoms with van der Waals surface area (Å²) in [4.78, 5) is 30.9. The monoisotopic (exact) mass is 775 g/mol. The summed E-state index contributed by atoms with van der Waals surface area (Å²) in [6.07, 6.45) is 0. The molecule has 2 amide bonds. The number of fused-ring (bicyclic) bond motifs is 12. The van der Waals surface area contributed by atoms with Crippen molar-refractivity contribution in [2.24, 2.45) is 11.8 Å². The van der Waals surface area contributed by atoms with Crippen molar-refractivity contribution in [3.05, 3.63) is 35.4 Å². The molecule has 2 fully saturated rings. The fourth-order valence-electron chi connectivity index (χ4n) is 9.58. The van der Waals surface area contributed by atoms with Gasteiger partial charge in [0, 0.05) is 17.8 Å². The second-order valence-electron chi connectivity index (χ2n) is 23.1. The number of imide groups is 1. The van der Waals surface area contributed by atoms with Crippen molar-refractivity contribution in [1.29, 1.82) is 0 Å². The molecule has 6 rings (SSSR count). The van der Waals surface area contributed by atoms with Gasteiger partial charge < -0.3 is 9.15 Å². The standard InChI is InChI=1S/C43H69NO4Si4/c1-38(2,3)49(14,15)36-28-23-22-27-26(30(28)37(47-36)50(16,17)39(4,5)6)24-25-29-31(27)43(52(20,21)41(10,11)12)33-32(34(45)44(13)35(33)46)42(29,48-43)51(18,19)40(7,8)9/h22-25,32-33H,1-21H3/t32-,33+,42+,43-/m1/s1. The zero-order valence-corrected chi connectivity index (χ0v) is 40.5. The number of furan rings is 1. The quantitative estimate of drug-likeness (QED) is 0.196. The molecule has 0 spiro atoms. The van der Waals surface area contributed by atoms with E-state index in [1.165, 1.54) is 48.3 Å². The average molecular weight is 776 g/mol. The number of likely N-dealkylation sites (tertiary alicyclic amines) is 1. The van der Waals surface area contributed by atoms with Crippen molar-refractivity contribution in [3.8, 4) is 0 Å².